The summed E-state index contributed by atoms with van der Waals surface area (Å²) in [5.74, 6) is 0. The van der Waals surface area contributed by atoms with Crippen molar-refractivity contribution in [1.29, 1.82) is 0 Å². The van der Waals surface area contributed by atoms with Crippen molar-refractivity contribution in [2.75, 3.05) is 5.32 Å². The summed E-state index contributed by atoms with van der Waals surface area (Å²) in [4.78, 5) is 0. The summed E-state index contributed by atoms with van der Waals surface area (Å²) < 4.78 is 0. The maximum Gasteiger partial charge on any atom is 0.0418 e. The summed E-state index contributed by atoms with van der Waals surface area (Å²) in [5, 5.41) is 3.37. The predicted molar refractivity (Wildman–Crippen MR) is 80.3 cm³/mol. The minimum absolute atomic E-state index is 0.181. The lowest BCUT2D eigenvalue weighted by molar-refractivity contribution is 0.530. The summed E-state index contributed by atoms with van der Waals surface area (Å²) >= 11 is 0. The standard InChI is InChI=1S/C17H25N/c1-16(2,3)13-10-12-8-7-9-18-15(12)11-14(13)17(4,5)6/h7,9-11,18H,8H2,1-6H3. The molecule has 0 saturated carbocycles. The van der Waals surface area contributed by atoms with Crippen LogP contribution in [0, 0.1) is 0 Å². The van der Waals surface area contributed by atoms with E-state index in [0.717, 1.165) is 6.42 Å². The fourth-order valence-electron chi connectivity index (χ4n) is 2.52. The largest absolute Gasteiger partial charge is 0.362 e. The molecule has 1 heteroatoms. The Balaban J connectivity index is 2.64. The molecule has 18 heavy (non-hydrogen) atoms. The van der Waals surface area contributed by atoms with E-state index in [0.29, 0.717) is 0 Å². The molecule has 1 N–H and O–H groups in total. The van der Waals surface area contributed by atoms with Crippen molar-refractivity contribution in [3.63, 3.8) is 0 Å². The molecule has 98 valence electrons. The zero-order chi connectivity index (χ0) is 13.6. The molecule has 0 radical (unpaired) electrons. The molecule has 0 amide bonds. The highest BCUT2D eigenvalue weighted by Crippen LogP contribution is 2.38. The van der Waals surface area contributed by atoms with Crippen molar-refractivity contribution in [2.24, 2.45) is 0 Å². The van der Waals surface area contributed by atoms with E-state index < -0.39 is 0 Å². The van der Waals surface area contributed by atoms with Crippen LogP contribution in [0.4, 0.5) is 5.69 Å². The van der Waals surface area contributed by atoms with Gasteiger partial charge in [-0.2, -0.15) is 0 Å². The zero-order valence-electron chi connectivity index (χ0n) is 12.5. The minimum atomic E-state index is 0.181. The lowest BCUT2D eigenvalue weighted by Crippen LogP contribution is -2.23. The van der Waals surface area contributed by atoms with Gasteiger partial charge in [0.15, 0.2) is 0 Å². The van der Waals surface area contributed by atoms with Crippen LogP contribution >= 0.6 is 0 Å². The molecule has 0 spiro atoms. The van der Waals surface area contributed by atoms with Crippen LogP contribution in [0.1, 0.15) is 58.2 Å². The lowest BCUT2D eigenvalue weighted by Gasteiger charge is -2.32. The number of anilines is 1. The second-order valence-corrected chi connectivity index (χ2v) is 7.31. The van der Waals surface area contributed by atoms with Crippen molar-refractivity contribution >= 4 is 5.69 Å². The number of rotatable bonds is 0. The van der Waals surface area contributed by atoms with Crippen LogP contribution in [0.2, 0.25) is 0 Å². The Morgan fingerprint density at radius 2 is 1.44 bits per heavy atom. The first-order valence-electron chi connectivity index (χ1n) is 6.79. The van der Waals surface area contributed by atoms with Crippen molar-refractivity contribution in [3.8, 4) is 0 Å². The van der Waals surface area contributed by atoms with Crippen molar-refractivity contribution in [2.45, 2.75) is 58.8 Å². The van der Waals surface area contributed by atoms with Gasteiger partial charge >= 0.3 is 0 Å². The Bertz CT molecular complexity index is 437. The lowest BCUT2D eigenvalue weighted by atomic mass is 9.74. The highest BCUT2D eigenvalue weighted by molar-refractivity contribution is 5.61. The zero-order valence-corrected chi connectivity index (χ0v) is 12.5. The van der Waals surface area contributed by atoms with E-state index >= 15 is 0 Å². The molecule has 2 rings (SSSR count). The van der Waals surface area contributed by atoms with Crippen molar-refractivity contribution < 1.29 is 0 Å². The smallest absolute Gasteiger partial charge is 0.0418 e. The van der Waals surface area contributed by atoms with Gasteiger partial charge in [0.2, 0.25) is 0 Å². The molecule has 0 aliphatic carbocycles. The maximum absolute atomic E-state index is 3.37. The number of hydrogen-bond acceptors (Lipinski definition) is 1. The molecule has 0 aromatic heterocycles. The number of hydrogen-bond donors (Lipinski definition) is 1. The molecule has 1 aromatic carbocycles. The van der Waals surface area contributed by atoms with Crippen molar-refractivity contribution in [3.05, 3.63) is 41.1 Å². The Morgan fingerprint density at radius 1 is 0.889 bits per heavy atom. The summed E-state index contributed by atoms with van der Waals surface area (Å²) in [6.07, 6.45) is 5.27. The van der Waals surface area contributed by atoms with Crippen LogP contribution in [-0.4, -0.2) is 0 Å². The topological polar surface area (TPSA) is 12.0 Å². The molecule has 0 fully saturated rings. The van der Waals surface area contributed by atoms with Gasteiger partial charge in [0.1, 0.15) is 0 Å². The molecule has 1 aromatic rings. The van der Waals surface area contributed by atoms with E-state index in [1.165, 1.54) is 22.4 Å². The van der Waals surface area contributed by atoms with Gasteiger partial charge in [-0.05, 0) is 46.2 Å². The Kier molecular flexibility index (Phi) is 3.04. The number of allylic oxidation sites excluding steroid dienone is 1. The third-order valence-corrected chi connectivity index (χ3v) is 3.55. The van der Waals surface area contributed by atoms with E-state index in [1.54, 1.807) is 0 Å². The Labute approximate surface area is 111 Å². The monoisotopic (exact) mass is 243 g/mol. The fourth-order valence-corrected chi connectivity index (χ4v) is 2.52. The van der Waals surface area contributed by atoms with Gasteiger partial charge in [-0.25, -0.2) is 0 Å². The van der Waals surface area contributed by atoms with Gasteiger partial charge in [-0.1, -0.05) is 53.7 Å². The van der Waals surface area contributed by atoms with E-state index in [2.05, 4.69) is 65.1 Å². The average Bonchev–Trinajstić information content (AvgIpc) is 2.25. The highest BCUT2D eigenvalue weighted by Gasteiger charge is 2.26. The highest BCUT2D eigenvalue weighted by atomic mass is 14.8. The first-order chi connectivity index (χ1) is 8.19. The normalized spacial score (nSPS) is 15.2. The quantitative estimate of drug-likeness (QED) is 0.692. The first-order valence-corrected chi connectivity index (χ1v) is 6.79. The number of benzene rings is 1. The van der Waals surface area contributed by atoms with E-state index in [-0.39, 0.29) is 10.8 Å². The Hall–Kier alpha value is -1.24. The van der Waals surface area contributed by atoms with E-state index in [1.807, 2.05) is 6.20 Å². The maximum atomic E-state index is 3.37. The van der Waals surface area contributed by atoms with Crippen LogP contribution in [0.5, 0.6) is 0 Å². The van der Waals surface area contributed by atoms with Crippen LogP contribution in [0.15, 0.2) is 24.4 Å². The van der Waals surface area contributed by atoms with Crippen LogP contribution in [0.25, 0.3) is 0 Å². The number of nitrogens with one attached hydrogen (secondary N) is 1. The van der Waals surface area contributed by atoms with E-state index in [4.69, 9.17) is 0 Å². The molecular weight excluding hydrogens is 218 g/mol. The van der Waals surface area contributed by atoms with Gasteiger partial charge < -0.3 is 5.32 Å². The molecule has 1 nitrogen and oxygen atoms in total. The van der Waals surface area contributed by atoms with Crippen LogP contribution in [0.3, 0.4) is 0 Å². The number of fused-ring (bicyclic) bond motifs is 1. The van der Waals surface area contributed by atoms with Crippen LogP contribution in [-0.2, 0) is 17.3 Å². The molecule has 0 saturated heterocycles. The summed E-state index contributed by atoms with van der Waals surface area (Å²) in [6.45, 7) is 13.8. The van der Waals surface area contributed by atoms with Gasteiger partial charge in [0.05, 0.1) is 0 Å². The third-order valence-electron chi connectivity index (χ3n) is 3.55. The van der Waals surface area contributed by atoms with Crippen LogP contribution < -0.4 is 5.32 Å². The minimum Gasteiger partial charge on any atom is -0.362 e. The molecule has 1 aliphatic heterocycles. The molecule has 0 atom stereocenters. The molecule has 1 heterocycles. The Morgan fingerprint density at radius 3 is 2.00 bits per heavy atom. The average molecular weight is 243 g/mol. The van der Waals surface area contributed by atoms with Gasteiger partial charge in [-0.15, -0.1) is 0 Å². The van der Waals surface area contributed by atoms with E-state index in [9.17, 15) is 0 Å². The third kappa shape index (κ3) is 2.45. The molecule has 1 aliphatic rings. The SMILES string of the molecule is CC(C)(C)c1cc2c(cc1C(C)(C)C)NC=CC2. The molecule has 0 bridgehead atoms. The van der Waals surface area contributed by atoms with Crippen molar-refractivity contribution in [1.82, 2.24) is 0 Å². The molecular formula is C17H25N. The summed E-state index contributed by atoms with van der Waals surface area (Å²) in [7, 11) is 0. The summed E-state index contributed by atoms with van der Waals surface area (Å²) in [6, 6.07) is 4.74. The van der Waals surface area contributed by atoms with Gasteiger partial charge in [0.25, 0.3) is 0 Å². The van der Waals surface area contributed by atoms with Gasteiger partial charge in [0, 0.05) is 5.69 Å². The second-order valence-electron chi connectivity index (χ2n) is 7.31. The van der Waals surface area contributed by atoms with Gasteiger partial charge in [-0.3, -0.25) is 0 Å². The first kappa shape index (κ1) is 13.2. The molecule has 0 unspecified atom stereocenters. The second kappa shape index (κ2) is 4.15. The summed E-state index contributed by atoms with van der Waals surface area (Å²) in [5.41, 5.74) is 5.99. The fraction of sp³-hybridized carbons (Fsp3) is 0.529. The predicted octanol–water partition coefficient (Wildman–Crippen LogP) is 4.76.